The molecule has 1 atom stereocenters. The SMILES string of the molecule is CCOC(=O)C1=C(C)N=c2s/c(=C/c3ccc(C(=O)OC)cc3)c(=O)n2[C@H]1c1ccc(Cl)cc1. The highest BCUT2D eigenvalue weighted by molar-refractivity contribution is 7.07. The van der Waals surface area contributed by atoms with Crippen LogP contribution in [0.5, 0.6) is 0 Å². The number of nitrogens with zero attached hydrogens (tertiary/aromatic N) is 2. The number of ether oxygens (including phenoxy) is 2. The second-order valence-electron chi connectivity index (χ2n) is 7.47. The number of rotatable bonds is 5. The fourth-order valence-electron chi connectivity index (χ4n) is 3.74. The second kappa shape index (κ2) is 9.79. The summed E-state index contributed by atoms with van der Waals surface area (Å²) in [7, 11) is 1.32. The maximum absolute atomic E-state index is 13.5. The van der Waals surface area contributed by atoms with Gasteiger partial charge in [0.15, 0.2) is 4.80 Å². The van der Waals surface area contributed by atoms with Gasteiger partial charge in [-0.05, 0) is 55.3 Å². The van der Waals surface area contributed by atoms with Crippen molar-refractivity contribution in [2.24, 2.45) is 4.99 Å². The Labute approximate surface area is 204 Å². The number of hydrogen-bond donors (Lipinski definition) is 0. The molecule has 0 fully saturated rings. The van der Waals surface area contributed by atoms with Crippen LogP contribution in [0.2, 0.25) is 5.02 Å². The molecular formula is C25H21ClN2O5S. The summed E-state index contributed by atoms with van der Waals surface area (Å²) in [5, 5.41) is 0.546. The molecule has 0 aliphatic carbocycles. The standard InChI is InChI=1S/C25H21ClN2O5S/c1-4-33-24(31)20-14(2)27-25-28(21(20)16-9-11-18(26)12-10-16)22(29)19(34-25)13-15-5-7-17(8-6-15)23(30)32-3/h5-13,21H,4H2,1-3H3/b19-13+/t21-/m0/s1. The Bertz CT molecular complexity index is 1470. The van der Waals surface area contributed by atoms with E-state index in [-0.39, 0.29) is 12.2 Å². The first-order valence-corrected chi connectivity index (χ1v) is 11.7. The van der Waals surface area contributed by atoms with E-state index < -0.39 is 18.0 Å². The minimum atomic E-state index is -0.698. The van der Waals surface area contributed by atoms with Crippen LogP contribution in [0, 0.1) is 0 Å². The molecule has 4 rings (SSSR count). The van der Waals surface area contributed by atoms with Crippen LogP contribution < -0.4 is 14.9 Å². The molecule has 2 heterocycles. The van der Waals surface area contributed by atoms with E-state index in [1.807, 2.05) is 0 Å². The summed E-state index contributed by atoms with van der Waals surface area (Å²) >= 11 is 7.30. The highest BCUT2D eigenvalue weighted by Crippen LogP contribution is 2.31. The number of carbonyl (C=O) groups excluding carboxylic acids is 2. The van der Waals surface area contributed by atoms with Crippen molar-refractivity contribution in [1.29, 1.82) is 0 Å². The molecule has 3 aromatic rings. The zero-order valence-corrected chi connectivity index (χ0v) is 20.3. The third-order valence-electron chi connectivity index (χ3n) is 5.33. The number of esters is 2. The van der Waals surface area contributed by atoms with Gasteiger partial charge in [-0.25, -0.2) is 14.6 Å². The van der Waals surface area contributed by atoms with E-state index in [4.69, 9.17) is 21.1 Å². The molecule has 174 valence electrons. The summed E-state index contributed by atoms with van der Waals surface area (Å²) in [6.45, 7) is 3.67. The van der Waals surface area contributed by atoms with Gasteiger partial charge in [-0.15, -0.1) is 0 Å². The zero-order chi connectivity index (χ0) is 24.4. The molecule has 0 bridgehead atoms. The van der Waals surface area contributed by atoms with E-state index in [1.165, 1.54) is 23.0 Å². The molecule has 0 N–H and O–H groups in total. The molecule has 0 saturated carbocycles. The van der Waals surface area contributed by atoms with E-state index in [0.29, 0.717) is 31.2 Å². The number of allylic oxidation sites excluding steroid dienone is 1. The van der Waals surface area contributed by atoms with Crippen LogP contribution in [0.15, 0.2) is 69.6 Å². The third kappa shape index (κ3) is 4.47. The molecule has 1 aliphatic heterocycles. The second-order valence-corrected chi connectivity index (χ2v) is 8.91. The van der Waals surface area contributed by atoms with E-state index in [1.54, 1.807) is 68.5 Å². The number of benzene rings is 2. The van der Waals surface area contributed by atoms with Crippen LogP contribution in [-0.4, -0.2) is 30.2 Å². The topological polar surface area (TPSA) is 87.0 Å². The van der Waals surface area contributed by atoms with Crippen LogP contribution in [-0.2, 0) is 14.3 Å². The van der Waals surface area contributed by atoms with Crippen molar-refractivity contribution in [2.75, 3.05) is 13.7 Å². The lowest BCUT2D eigenvalue weighted by Gasteiger charge is -2.24. The van der Waals surface area contributed by atoms with Gasteiger partial charge in [0.2, 0.25) is 0 Å². The van der Waals surface area contributed by atoms with Gasteiger partial charge in [0, 0.05) is 5.02 Å². The average molecular weight is 497 g/mol. The van der Waals surface area contributed by atoms with Crippen molar-refractivity contribution >= 4 is 41.0 Å². The zero-order valence-electron chi connectivity index (χ0n) is 18.7. The lowest BCUT2D eigenvalue weighted by molar-refractivity contribution is -0.139. The molecule has 2 aromatic carbocycles. The Morgan fingerprint density at radius 1 is 1.12 bits per heavy atom. The lowest BCUT2D eigenvalue weighted by atomic mass is 9.96. The minimum Gasteiger partial charge on any atom is -0.465 e. The number of hydrogen-bond acceptors (Lipinski definition) is 7. The molecule has 1 aliphatic rings. The summed E-state index contributed by atoms with van der Waals surface area (Å²) < 4.78 is 12.0. The summed E-state index contributed by atoms with van der Waals surface area (Å²) in [5.74, 6) is -0.952. The van der Waals surface area contributed by atoms with Gasteiger partial charge in [-0.3, -0.25) is 9.36 Å². The van der Waals surface area contributed by atoms with Crippen molar-refractivity contribution in [2.45, 2.75) is 19.9 Å². The Balaban J connectivity index is 1.87. The van der Waals surface area contributed by atoms with Gasteiger partial charge in [-0.2, -0.15) is 0 Å². The molecule has 0 radical (unpaired) electrons. The fraction of sp³-hybridized carbons (Fsp3) is 0.200. The van der Waals surface area contributed by atoms with Crippen LogP contribution >= 0.6 is 22.9 Å². The molecule has 34 heavy (non-hydrogen) atoms. The van der Waals surface area contributed by atoms with Gasteiger partial charge >= 0.3 is 11.9 Å². The predicted molar refractivity (Wildman–Crippen MR) is 130 cm³/mol. The van der Waals surface area contributed by atoms with Gasteiger partial charge in [0.1, 0.15) is 0 Å². The number of halogens is 1. The van der Waals surface area contributed by atoms with Crippen molar-refractivity contribution in [3.05, 3.63) is 101 Å². The van der Waals surface area contributed by atoms with Crippen molar-refractivity contribution < 1.29 is 19.1 Å². The van der Waals surface area contributed by atoms with E-state index in [0.717, 1.165) is 11.1 Å². The largest absolute Gasteiger partial charge is 0.465 e. The molecule has 9 heteroatoms. The van der Waals surface area contributed by atoms with Gasteiger partial charge < -0.3 is 9.47 Å². The number of carbonyl (C=O) groups is 2. The molecule has 0 unspecified atom stereocenters. The molecule has 7 nitrogen and oxygen atoms in total. The summed E-state index contributed by atoms with van der Waals surface area (Å²) in [4.78, 5) is 43.1. The van der Waals surface area contributed by atoms with Crippen molar-refractivity contribution in [1.82, 2.24) is 4.57 Å². The first-order chi connectivity index (χ1) is 16.3. The fourth-order valence-corrected chi connectivity index (χ4v) is 4.91. The first-order valence-electron chi connectivity index (χ1n) is 10.5. The van der Waals surface area contributed by atoms with Crippen molar-refractivity contribution in [3.8, 4) is 0 Å². The monoisotopic (exact) mass is 496 g/mol. The summed E-state index contributed by atoms with van der Waals surface area (Å²) in [6.07, 6.45) is 1.73. The quantitative estimate of drug-likeness (QED) is 0.506. The van der Waals surface area contributed by atoms with Gasteiger partial charge in [-0.1, -0.05) is 47.2 Å². The average Bonchev–Trinajstić information content (AvgIpc) is 3.13. The Morgan fingerprint density at radius 3 is 2.41 bits per heavy atom. The summed E-state index contributed by atoms with van der Waals surface area (Å²) in [5.41, 5.74) is 2.40. The normalized spacial score (nSPS) is 15.5. The number of fused-ring (bicyclic) bond motifs is 1. The van der Waals surface area contributed by atoms with E-state index in [9.17, 15) is 14.4 Å². The smallest absolute Gasteiger partial charge is 0.338 e. The number of methoxy groups -OCH3 is 1. The maximum Gasteiger partial charge on any atom is 0.338 e. The van der Waals surface area contributed by atoms with Crippen LogP contribution in [0.1, 0.15) is 41.4 Å². The number of aromatic nitrogens is 1. The Morgan fingerprint density at radius 2 is 1.79 bits per heavy atom. The van der Waals surface area contributed by atoms with Crippen LogP contribution in [0.4, 0.5) is 0 Å². The van der Waals surface area contributed by atoms with Gasteiger partial charge in [0.05, 0.1) is 41.1 Å². The third-order valence-corrected chi connectivity index (χ3v) is 6.57. The minimum absolute atomic E-state index is 0.203. The molecule has 1 aromatic heterocycles. The van der Waals surface area contributed by atoms with E-state index >= 15 is 0 Å². The van der Waals surface area contributed by atoms with Crippen LogP contribution in [0.3, 0.4) is 0 Å². The molecule has 0 spiro atoms. The maximum atomic E-state index is 13.5. The van der Waals surface area contributed by atoms with Gasteiger partial charge in [0.25, 0.3) is 5.56 Å². The Hall–Kier alpha value is -3.49. The predicted octanol–water partition coefficient (Wildman–Crippen LogP) is 3.24. The summed E-state index contributed by atoms with van der Waals surface area (Å²) in [6, 6.07) is 13.0. The van der Waals surface area contributed by atoms with Crippen molar-refractivity contribution in [3.63, 3.8) is 0 Å². The molecular weight excluding hydrogens is 476 g/mol. The molecule has 0 saturated heterocycles. The van der Waals surface area contributed by atoms with E-state index in [2.05, 4.69) is 4.99 Å². The lowest BCUT2D eigenvalue weighted by Crippen LogP contribution is -2.39. The highest BCUT2D eigenvalue weighted by Gasteiger charge is 2.33. The number of thiazole rings is 1. The highest BCUT2D eigenvalue weighted by atomic mass is 35.5. The van der Waals surface area contributed by atoms with Crippen LogP contribution in [0.25, 0.3) is 6.08 Å². The Kier molecular flexibility index (Phi) is 6.81. The molecule has 0 amide bonds. The first kappa shape index (κ1) is 23.7.